The summed E-state index contributed by atoms with van der Waals surface area (Å²) in [5.74, 6) is -0.935. The van der Waals surface area contributed by atoms with Gasteiger partial charge < -0.3 is 20.0 Å². The summed E-state index contributed by atoms with van der Waals surface area (Å²) in [6, 6.07) is -0.724. The summed E-state index contributed by atoms with van der Waals surface area (Å²) < 4.78 is 0. The second-order valence-corrected chi connectivity index (χ2v) is 4.62. The van der Waals surface area contributed by atoms with E-state index in [0.29, 0.717) is 19.5 Å². The number of hydrogen-bond acceptors (Lipinski definition) is 3. The fourth-order valence-corrected chi connectivity index (χ4v) is 2.35. The van der Waals surface area contributed by atoms with Crippen LogP contribution in [0.2, 0.25) is 0 Å². The van der Waals surface area contributed by atoms with Gasteiger partial charge in [0.25, 0.3) is 0 Å². The van der Waals surface area contributed by atoms with E-state index in [0.717, 1.165) is 19.3 Å². The van der Waals surface area contributed by atoms with E-state index in [4.69, 9.17) is 10.2 Å². The number of carboxylic acid groups (broad SMARTS) is 1. The van der Waals surface area contributed by atoms with Crippen LogP contribution in [0.25, 0.3) is 0 Å². The minimum atomic E-state index is -0.935. The molecule has 1 saturated carbocycles. The maximum atomic E-state index is 12.2. The van der Waals surface area contributed by atoms with Crippen molar-refractivity contribution in [1.82, 2.24) is 9.80 Å². The van der Waals surface area contributed by atoms with Crippen LogP contribution >= 0.6 is 0 Å². The van der Waals surface area contributed by atoms with Gasteiger partial charge in [0.1, 0.15) is 6.04 Å². The number of nitrogens with zero attached hydrogens (tertiary/aromatic N) is 2. The van der Waals surface area contributed by atoms with Crippen molar-refractivity contribution in [3.8, 4) is 0 Å². The molecule has 2 amide bonds. The van der Waals surface area contributed by atoms with Gasteiger partial charge in [0.05, 0.1) is 6.61 Å². The Hall–Kier alpha value is -1.30. The van der Waals surface area contributed by atoms with Crippen molar-refractivity contribution < 1.29 is 19.8 Å². The zero-order chi connectivity index (χ0) is 12.4. The Bertz CT molecular complexity index is 317. The third-order valence-corrected chi connectivity index (χ3v) is 3.36. The highest BCUT2D eigenvalue weighted by Gasteiger charge is 2.40. The van der Waals surface area contributed by atoms with Crippen LogP contribution in [-0.4, -0.2) is 63.8 Å². The lowest BCUT2D eigenvalue weighted by Crippen LogP contribution is -2.49. The van der Waals surface area contributed by atoms with Crippen LogP contribution in [0.4, 0.5) is 4.79 Å². The van der Waals surface area contributed by atoms with Crippen molar-refractivity contribution in [2.24, 2.45) is 0 Å². The molecule has 0 aromatic carbocycles. The number of urea groups is 1. The quantitative estimate of drug-likeness (QED) is 0.733. The summed E-state index contributed by atoms with van der Waals surface area (Å²) in [4.78, 5) is 26.3. The van der Waals surface area contributed by atoms with Crippen LogP contribution in [0.5, 0.6) is 0 Å². The molecule has 96 valence electrons. The Kier molecular flexibility index (Phi) is 3.51. The Morgan fingerprint density at radius 1 is 1.29 bits per heavy atom. The second-order valence-electron chi connectivity index (χ2n) is 4.62. The van der Waals surface area contributed by atoms with Crippen LogP contribution in [0.3, 0.4) is 0 Å². The van der Waals surface area contributed by atoms with Crippen LogP contribution in [0, 0.1) is 0 Å². The van der Waals surface area contributed by atoms with Gasteiger partial charge in [0.15, 0.2) is 0 Å². The van der Waals surface area contributed by atoms with E-state index < -0.39 is 12.0 Å². The lowest BCUT2D eigenvalue weighted by molar-refractivity contribution is -0.141. The molecule has 6 nitrogen and oxygen atoms in total. The first kappa shape index (κ1) is 12.2. The van der Waals surface area contributed by atoms with Gasteiger partial charge in [-0.25, -0.2) is 9.59 Å². The number of carboxylic acids is 1. The monoisotopic (exact) mass is 242 g/mol. The van der Waals surface area contributed by atoms with E-state index in [1.807, 2.05) is 0 Å². The zero-order valence-electron chi connectivity index (χ0n) is 9.71. The highest BCUT2D eigenvalue weighted by atomic mass is 16.4. The lowest BCUT2D eigenvalue weighted by atomic mass is 10.2. The highest BCUT2D eigenvalue weighted by Crippen LogP contribution is 2.29. The molecule has 6 heteroatoms. The van der Waals surface area contributed by atoms with Gasteiger partial charge in [-0.1, -0.05) is 0 Å². The molecule has 1 aliphatic carbocycles. The molecule has 1 atom stereocenters. The topological polar surface area (TPSA) is 81.1 Å². The number of carbonyl (C=O) groups excluding carboxylic acids is 1. The molecule has 0 unspecified atom stereocenters. The SMILES string of the molecule is O=C(O)[C@@H]1CCCN1C(=O)N(CCO)C1CC1. The maximum absolute atomic E-state index is 12.2. The average Bonchev–Trinajstić information content (AvgIpc) is 3.00. The number of carbonyl (C=O) groups is 2. The first-order chi connectivity index (χ1) is 8.15. The number of aliphatic hydroxyl groups is 1. The molecule has 0 radical (unpaired) electrons. The van der Waals surface area contributed by atoms with Gasteiger partial charge in [-0.3, -0.25) is 0 Å². The van der Waals surface area contributed by atoms with Crippen LogP contribution < -0.4 is 0 Å². The van der Waals surface area contributed by atoms with E-state index in [2.05, 4.69) is 0 Å². The summed E-state index contributed by atoms with van der Waals surface area (Å²) >= 11 is 0. The molecule has 1 saturated heterocycles. The van der Waals surface area contributed by atoms with Gasteiger partial charge >= 0.3 is 12.0 Å². The Morgan fingerprint density at radius 3 is 2.53 bits per heavy atom. The largest absolute Gasteiger partial charge is 0.480 e. The smallest absolute Gasteiger partial charge is 0.326 e. The number of aliphatic hydroxyl groups excluding tert-OH is 1. The van der Waals surface area contributed by atoms with Crippen molar-refractivity contribution in [2.45, 2.75) is 37.8 Å². The van der Waals surface area contributed by atoms with Gasteiger partial charge in [0.2, 0.25) is 0 Å². The van der Waals surface area contributed by atoms with Crippen LogP contribution in [0.1, 0.15) is 25.7 Å². The Labute approximate surface area is 99.8 Å². The zero-order valence-corrected chi connectivity index (χ0v) is 9.71. The first-order valence-corrected chi connectivity index (χ1v) is 6.06. The lowest BCUT2D eigenvalue weighted by Gasteiger charge is -2.30. The normalized spacial score (nSPS) is 23.8. The molecule has 1 aliphatic heterocycles. The Balaban J connectivity index is 2.03. The second kappa shape index (κ2) is 4.91. The molecule has 0 bridgehead atoms. The summed E-state index contributed by atoms with van der Waals surface area (Å²) in [5.41, 5.74) is 0. The summed E-state index contributed by atoms with van der Waals surface area (Å²) in [7, 11) is 0. The summed E-state index contributed by atoms with van der Waals surface area (Å²) in [6.45, 7) is 0.727. The highest BCUT2D eigenvalue weighted by molar-refractivity contribution is 5.83. The number of likely N-dealkylation sites (tertiary alicyclic amines) is 1. The molecule has 1 heterocycles. The minimum absolute atomic E-state index is 0.0756. The molecule has 2 fully saturated rings. The molecule has 0 aromatic heterocycles. The van der Waals surface area contributed by atoms with E-state index in [-0.39, 0.29) is 18.7 Å². The molecule has 2 rings (SSSR count). The molecule has 2 aliphatic rings. The van der Waals surface area contributed by atoms with Gasteiger partial charge in [-0.2, -0.15) is 0 Å². The van der Waals surface area contributed by atoms with Crippen LogP contribution in [-0.2, 0) is 4.79 Å². The van der Waals surface area contributed by atoms with Crippen molar-refractivity contribution >= 4 is 12.0 Å². The van der Waals surface area contributed by atoms with Gasteiger partial charge in [-0.05, 0) is 25.7 Å². The number of hydrogen-bond donors (Lipinski definition) is 2. The fraction of sp³-hybridized carbons (Fsp3) is 0.818. The third kappa shape index (κ3) is 2.52. The maximum Gasteiger partial charge on any atom is 0.326 e. The average molecular weight is 242 g/mol. The van der Waals surface area contributed by atoms with Crippen molar-refractivity contribution in [1.29, 1.82) is 0 Å². The van der Waals surface area contributed by atoms with Crippen molar-refractivity contribution in [3.05, 3.63) is 0 Å². The van der Waals surface area contributed by atoms with E-state index >= 15 is 0 Å². The van der Waals surface area contributed by atoms with E-state index in [1.165, 1.54) is 4.90 Å². The minimum Gasteiger partial charge on any atom is -0.480 e. The standard InChI is InChI=1S/C11H18N2O4/c14-7-6-12(8-3-4-8)11(17)13-5-1-2-9(13)10(15)16/h8-9,14H,1-7H2,(H,15,16)/t9-/m0/s1. The van der Waals surface area contributed by atoms with Crippen molar-refractivity contribution in [3.63, 3.8) is 0 Å². The molecular weight excluding hydrogens is 224 g/mol. The number of aliphatic carboxylic acids is 1. The summed E-state index contributed by atoms with van der Waals surface area (Å²) in [6.07, 6.45) is 3.17. The number of rotatable bonds is 4. The molecule has 0 aromatic rings. The van der Waals surface area contributed by atoms with E-state index in [1.54, 1.807) is 4.90 Å². The fourth-order valence-electron chi connectivity index (χ4n) is 2.35. The molecule has 17 heavy (non-hydrogen) atoms. The Morgan fingerprint density at radius 2 is 2.00 bits per heavy atom. The predicted octanol–water partition coefficient (Wildman–Crippen LogP) is 0.112. The van der Waals surface area contributed by atoms with Crippen molar-refractivity contribution in [2.75, 3.05) is 19.7 Å². The van der Waals surface area contributed by atoms with Crippen LogP contribution in [0.15, 0.2) is 0 Å². The number of amides is 2. The summed E-state index contributed by atoms with van der Waals surface area (Å²) in [5, 5.41) is 18.0. The predicted molar refractivity (Wildman–Crippen MR) is 59.6 cm³/mol. The van der Waals surface area contributed by atoms with Gasteiger partial charge in [-0.15, -0.1) is 0 Å². The first-order valence-electron chi connectivity index (χ1n) is 6.06. The molecule has 0 spiro atoms. The molecular formula is C11H18N2O4. The van der Waals surface area contributed by atoms with Gasteiger partial charge in [0, 0.05) is 19.1 Å². The molecule has 2 N–H and O–H groups in total. The van der Waals surface area contributed by atoms with E-state index in [9.17, 15) is 9.59 Å². The third-order valence-electron chi connectivity index (χ3n) is 3.36.